The van der Waals surface area contributed by atoms with Gasteiger partial charge >= 0.3 is 6.18 Å². The average Bonchev–Trinajstić information content (AvgIpc) is 2.12. The summed E-state index contributed by atoms with van der Waals surface area (Å²) in [6, 6.07) is 1.64. The molecule has 1 N–H and O–H groups in total. The molecule has 84 valence electrons. The van der Waals surface area contributed by atoms with Gasteiger partial charge < -0.3 is 5.11 Å². The second-order valence-corrected chi connectivity index (χ2v) is 3.84. The van der Waals surface area contributed by atoms with Crippen molar-refractivity contribution in [3.63, 3.8) is 0 Å². The normalized spacial score (nSPS) is 13.9. The van der Waals surface area contributed by atoms with Crippen molar-refractivity contribution in [2.75, 3.05) is 5.75 Å². The van der Waals surface area contributed by atoms with Crippen LogP contribution in [-0.4, -0.2) is 33.1 Å². The van der Waals surface area contributed by atoms with Crippen LogP contribution >= 0.6 is 11.8 Å². The van der Waals surface area contributed by atoms with Crippen molar-refractivity contribution >= 4 is 11.8 Å². The van der Waals surface area contributed by atoms with Crippen molar-refractivity contribution < 1.29 is 18.3 Å². The van der Waals surface area contributed by atoms with E-state index in [1.165, 1.54) is 6.20 Å². The number of rotatable bonds is 3. The summed E-state index contributed by atoms with van der Waals surface area (Å²) in [6.45, 7) is 1.71. The highest BCUT2D eigenvalue weighted by Gasteiger charge is 2.38. The van der Waals surface area contributed by atoms with Gasteiger partial charge in [0.05, 0.1) is 0 Å². The van der Waals surface area contributed by atoms with Crippen LogP contribution in [-0.2, 0) is 0 Å². The predicted octanol–water partition coefficient (Wildman–Crippen LogP) is 1.80. The molecule has 0 saturated heterocycles. The van der Waals surface area contributed by atoms with Gasteiger partial charge in [0, 0.05) is 17.6 Å². The maximum Gasteiger partial charge on any atom is 0.415 e. The molecule has 1 rings (SSSR count). The van der Waals surface area contributed by atoms with Crippen molar-refractivity contribution in [3.05, 3.63) is 18.0 Å². The standard InChI is InChI=1S/C8H9F3N2OS/c1-5-2-3-12-7(13-5)15-4-6(14)8(9,10)11/h2-3,6,14H,4H2,1H3. The minimum Gasteiger partial charge on any atom is -0.383 e. The van der Waals surface area contributed by atoms with E-state index in [1.807, 2.05) is 0 Å². The Labute approximate surface area is 88.7 Å². The lowest BCUT2D eigenvalue weighted by molar-refractivity contribution is -0.195. The molecule has 0 aromatic carbocycles. The van der Waals surface area contributed by atoms with E-state index in [1.54, 1.807) is 13.0 Å². The van der Waals surface area contributed by atoms with Gasteiger partial charge in [-0.1, -0.05) is 11.8 Å². The average molecular weight is 238 g/mol. The summed E-state index contributed by atoms with van der Waals surface area (Å²) in [7, 11) is 0. The highest BCUT2D eigenvalue weighted by molar-refractivity contribution is 7.99. The van der Waals surface area contributed by atoms with E-state index in [4.69, 9.17) is 5.11 Å². The molecule has 0 aliphatic heterocycles. The van der Waals surface area contributed by atoms with Crippen LogP contribution in [0, 0.1) is 6.92 Å². The molecule has 1 atom stereocenters. The van der Waals surface area contributed by atoms with Crippen LogP contribution in [0.25, 0.3) is 0 Å². The largest absolute Gasteiger partial charge is 0.415 e. The van der Waals surface area contributed by atoms with Crippen LogP contribution in [0.2, 0.25) is 0 Å². The SMILES string of the molecule is Cc1ccnc(SCC(O)C(F)(F)F)n1. The lowest BCUT2D eigenvalue weighted by Crippen LogP contribution is -2.30. The summed E-state index contributed by atoms with van der Waals surface area (Å²) < 4.78 is 35.8. The van der Waals surface area contributed by atoms with Gasteiger partial charge in [-0.2, -0.15) is 13.2 Å². The zero-order valence-corrected chi connectivity index (χ0v) is 8.64. The second kappa shape index (κ2) is 4.80. The summed E-state index contributed by atoms with van der Waals surface area (Å²) >= 11 is 0.777. The smallest absolute Gasteiger partial charge is 0.383 e. The molecule has 0 aliphatic carbocycles. The zero-order chi connectivity index (χ0) is 11.5. The fourth-order valence-electron chi connectivity index (χ4n) is 0.743. The quantitative estimate of drug-likeness (QED) is 0.644. The topological polar surface area (TPSA) is 46.0 Å². The first kappa shape index (κ1) is 12.3. The minimum absolute atomic E-state index is 0.235. The van der Waals surface area contributed by atoms with Gasteiger partial charge in [-0.3, -0.25) is 0 Å². The fraction of sp³-hybridized carbons (Fsp3) is 0.500. The van der Waals surface area contributed by atoms with Gasteiger partial charge in [0.2, 0.25) is 0 Å². The Morgan fingerprint density at radius 1 is 1.53 bits per heavy atom. The minimum atomic E-state index is -4.59. The molecule has 7 heteroatoms. The Morgan fingerprint density at radius 2 is 2.20 bits per heavy atom. The molecule has 0 aliphatic rings. The van der Waals surface area contributed by atoms with Gasteiger partial charge in [-0.05, 0) is 13.0 Å². The third-order valence-corrected chi connectivity index (χ3v) is 2.46. The molecule has 0 fully saturated rings. The maximum absolute atomic E-state index is 11.9. The van der Waals surface area contributed by atoms with Gasteiger partial charge in [0.15, 0.2) is 11.3 Å². The van der Waals surface area contributed by atoms with Crippen LogP contribution in [0.15, 0.2) is 17.4 Å². The van der Waals surface area contributed by atoms with Crippen LogP contribution in [0.4, 0.5) is 13.2 Å². The van der Waals surface area contributed by atoms with Crippen molar-refractivity contribution in [1.82, 2.24) is 9.97 Å². The molecule has 0 spiro atoms. The second-order valence-electron chi connectivity index (χ2n) is 2.85. The monoisotopic (exact) mass is 238 g/mol. The maximum atomic E-state index is 11.9. The first-order valence-corrected chi connectivity index (χ1v) is 5.05. The number of hydrogen-bond acceptors (Lipinski definition) is 4. The molecule has 0 bridgehead atoms. The molecule has 0 radical (unpaired) electrons. The highest BCUT2D eigenvalue weighted by atomic mass is 32.2. The fourth-order valence-corrected chi connectivity index (χ4v) is 1.58. The van der Waals surface area contributed by atoms with Crippen LogP contribution in [0.3, 0.4) is 0 Å². The molecule has 1 unspecified atom stereocenters. The third kappa shape index (κ3) is 4.05. The summed E-state index contributed by atoms with van der Waals surface area (Å²) in [4.78, 5) is 7.67. The molecule has 0 saturated carbocycles. The lowest BCUT2D eigenvalue weighted by atomic mass is 10.4. The van der Waals surface area contributed by atoms with E-state index in [0.29, 0.717) is 5.69 Å². The number of halogens is 3. The molecule has 3 nitrogen and oxygen atoms in total. The molecule has 1 aromatic rings. The Bertz CT molecular complexity index is 332. The summed E-state index contributed by atoms with van der Waals surface area (Å²) in [5.74, 6) is -0.493. The lowest BCUT2D eigenvalue weighted by Gasteiger charge is -2.12. The first-order valence-electron chi connectivity index (χ1n) is 4.07. The Morgan fingerprint density at radius 3 is 2.73 bits per heavy atom. The van der Waals surface area contributed by atoms with Crippen LogP contribution in [0.5, 0.6) is 0 Å². The number of nitrogens with zero attached hydrogens (tertiary/aromatic N) is 2. The first-order chi connectivity index (χ1) is 6.89. The number of aryl methyl sites for hydroxylation is 1. The van der Waals surface area contributed by atoms with E-state index in [2.05, 4.69) is 9.97 Å². The highest BCUT2D eigenvalue weighted by Crippen LogP contribution is 2.24. The number of aromatic nitrogens is 2. The molecular weight excluding hydrogens is 229 g/mol. The van der Waals surface area contributed by atoms with Crippen molar-refractivity contribution in [2.45, 2.75) is 24.4 Å². The molecular formula is C8H9F3N2OS. The van der Waals surface area contributed by atoms with E-state index in [-0.39, 0.29) is 5.16 Å². The molecule has 1 heterocycles. The van der Waals surface area contributed by atoms with Gasteiger partial charge in [-0.15, -0.1) is 0 Å². The predicted molar refractivity (Wildman–Crippen MR) is 49.6 cm³/mol. The number of aliphatic hydroxyl groups is 1. The van der Waals surface area contributed by atoms with Crippen molar-refractivity contribution in [2.24, 2.45) is 0 Å². The summed E-state index contributed by atoms with van der Waals surface area (Å²) in [6.07, 6.45) is -5.46. The zero-order valence-electron chi connectivity index (χ0n) is 7.82. The third-order valence-electron chi connectivity index (χ3n) is 1.52. The number of hydrogen-bond donors (Lipinski definition) is 1. The number of thioether (sulfide) groups is 1. The number of aliphatic hydroxyl groups excluding tert-OH is 1. The van der Waals surface area contributed by atoms with Gasteiger partial charge in [0.25, 0.3) is 0 Å². The van der Waals surface area contributed by atoms with Crippen LogP contribution < -0.4 is 0 Å². The van der Waals surface area contributed by atoms with Gasteiger partial charge in [0.1, 0.15) is 0 Å². The van der Waals surface area contributed by atoms with Crippen molar-refractivity contribution in [3.8, 4) is 0 Å². The van der Waals surface area contributed by atoms with E-state index in [0.717, 1.165) is 11.8 Å². The molecule has 15 heavy (non-hydrogen) atoms. The van der Waals surface area contributed by atoms with Gasteiger partial charge in [-0.25, -0.2) is 9.97 Å². The number of alkyl halides is 3. The Balaban J connectivity index is 2.51. The summed E-state index contributed by atoms with van der Waals surface area (Å²) in [5.41, 5.74) is 0.675. The van der Waals surface area contributed by atoms with E-state index >= 15 is 0 Å². The Hall–Kier alpha value is -0.820. The van der Waals surface area contributed by atoms with Crippen LogP contribution in [0.1, 0.15) is 5.69 Å². The Kier molecular flexibility index (Phi) is 3.92. The van der Waals surface area contributed by atoms with E-state index < -0.39 is 18.0 Å². The van der Waals surface area contributed by atoms with E-state index in [9.17, 15) is 13.2 Å². The molecule has 1 aromatic heterocycles. The molecule has 0 amide bonds. The summed E-state index contributed by atoms with van der Waals surface area (Å²) in [5, 5.41) is 8.95. The van der Waals surface area contributed by atoms with Crippen molar-refractivity contribution in [1.29, 1.82) is 0 Å².